The largest absolute Gasteiger partial charge is 0.376 e. The Kier molecular flexibility index (Phi) is 6.69. The van der Waals surface area contributed by atoms with E-state index in [2.05, 4.69) is 21.6 Å². The van der Waals surface area contributed by atoms with Crippen LogP contribution in [0, 0.1) is 11.3 Å². The molecule has 3 heterocycles. The minimum Gasteiger partial charge on any atom is -0.376 e. The van der Waals surface area contributed by atoms with Crippen molar-refractivity contribution in [1.29, 1.82) is 5.26 Å². The first-order chi connectivity index (χ1) is 14.6. The molecule has 0 radical (unpaired) electrons. The third kappa shape index (κ3) is 4.84. The molecule has 1 N–H and O–H groups in total. The topological polar surface area (TPSA) is 92.8 Å². The molecule has 1 aliphatic heterocycles. The second kappa shape index (κ2) is 9.62. The Morgan fingerprint density at radius 3 is 3.07 bits per heavy atom. The van der Waals surface area contributed by atoms with Crippen LogP contribution in [0.15, 0.2) is 40.9 Å². The van der Waals surface area contributed by atoms with Gasteiger partial charge in [0.15, 0.2) is 11.0 Å². The van der Waals surface area contributed by atoms with Crippen LogP contribution >= 0.6 is 34.7 Å². The molecular formula is C20H18ClN5O2S2. The van der Waals surface area contributed by atoms with Crippen LogP contribution in [0.5, 0.6) is 0 Å². The van der Waals surface area contributed by atoms with Crippen LogP contribution in [0.4, 0.5) is 5.69 Å². The molecule has 1 saturated heterocycles. The zero-order valence-corrected chi connectivity index (χ0v) is 18.3. The highest BCUT2D eigenvalue weighted by atomic mass is 35.5. The number of ether oxygens (including phenoxy) is 1. The lowest BCUT2D eigenvalue weighted by atomic mass is 10.2. The maximum absolute atomic E-state index is 12.5. The molecule has 0 saturated carbocycles. The number of carbonyl (C=O) groups excluding carboxylic acids is 1. The molecule has 1 aromatic carbocycles. The van der Waals surface area contributed by atoms with Crippen LogP contribution in [-0.4, -0.2) is 39.1 Å². The van der Waals surface area contributed by atoms with Crippen molar-refractivity contribution in [2.24, 2.45) is 0 Å². The van der Waals surface area contributed by atoms with Gasteiger partial charge in [0.1, 0.15) is 6.07 Å². The molecule has 1 atom stereocenters. The summed E-state index contributed by atoms with van der Waals surface area (Å²) in [5.74, 6) is 0.666. The van der Waals surface area contributed by atoms with E-state index in [1.807, 2.05) is 22.1 Å². The number of nitriles is 1. The minimum absolute atomic E-state index is 0.123. The predicted octanol–water partition coefficient (Wildman–Crippen LogP) is 4.44. The summed E-state index contributed by atoms with van der Waals surface area (Å²) in [5.41, 5.74) is 0.759. The van der Waals surface area contributed by atoms with E-state index >= 15 is 0 Å². The highest BCUT2D eigenvalue weighted by Gasteiger charge is 2.22. The van der Waals surface area contributed by atoms with E-state index in [0.29, 0.717) is 28.0 Å². The molecule has 1 amide bonds. The average molecular weight is 460 g/mol. The number of hydrogen-bond acceptors (Lipinski definition) is 7. The monoisotopic (exact) mass is 459 g/mol. The number of halogens is 1. The normalized spacial score (nSPS) is 15.8. The van der Waals surface area contributed by atoms with E-state index in [0.717, 1.165) is 30.2 Å². The molecule has 30 heavy (non-hydrogen) atoms. The Balaban J connectivity index is 1.48. The second-order valence-corrected chi connectivity index (χ2v) is 8.99. The van der Waals surface area contributed by atoms with E-state index in [-0.39, 0.29) is 17.8 Å². The van der Waals surface area contributed by atoms with E-state index in [1.54, 1.807) is 29.5 Å². The zero-order chi connectivity index (χ0) is 20.9. The van der Waals surface area contributed by atoms with Gasteiger partial charge in [0.2, 0.25) is 5.91 Å². The van der Waals surface area contributed by atoms with Gasteiger partial charge < -0.3 is 10.1 Å². The number of hydrogen-bond donors (Lipinski definition) is 1. The Morgan fingerprint density at radius 2 is 2.33 bits per heavy atom. The van der Waals surface area contributed by atoms with Gasteiger partial charge >= 0.3 is 0 Å². The number of anilines is 1. The fourth-order valence-corrected chi connectivity index (χ4v) is 4.81. The molecule has 7 nitrogen and oxygen atoms in total. The number of nitrogens with zero attached hydrogens (tertiary/aromatic N) is 4. The van der Waals surface area contributed by atoms with Gasteiger partial charge in [-0.25, -0.2) is 0 Å². The Hall–Kier alpha value is -2.38. The Labute approximate surface area is 187 Å². The first-order valence-corrected chi connectivity index (χ1v) is 11.6. The van der Waals surface area contributed by atoms with Gasteiger partial charge in [0.25, 0.3) is 0 Å². The standard InChI is InChI=1S/C20H18ClN5O2S2/c21-14-6-5-13(10-22)16(9-14)23-18(27)12-30-20-25-24-19(17-4-2-8-29-17)26(20)11-15-3-1-7-28-15/h2,4-6,8-9,15H,1,3,7,11-12H2,(H,23,27)/t15-/m1/s1. The van der Waals surface area contributed by atoms with Crippen molar-refractivity contribution < 1.29 is 9.53 Å². The fourth-order valence-electron chi connectivity index (χ4n) is 3.17. The van der Waals surface area contributed by atoms with Crippen LogP contribution in [0.3, 0.4) is 0 Å². The molecule has 0 unspecified atom stereocenters. The summed E-state index contributed by atoms with van der Waals surface area (Å²) in [6.45, 7) is 1.42. The number of nitrogens with one attached hydrogen (secondary N) is 1. The minimum atomic E-state index is -0.247. The van der Waals surface area contributed by atoms with Gasteiger partial charge in [-0.15, -0.1) is 21.5 Å². The lowest BCUT2D eigenvalue weighted by molar-refractivity contribution is -0.113. The highest BCUT2D eigenvalue weighted by molar-refractivity contribution is 7.99. The summed E-state index contributed by atoms with van der Waals surface area (Å²) < 4.78 is 7.82. The van der Waals surface area contributed by atoms with Gasteiger partial charge in [0.05, 0.1) is 34.5 Å². The van der Waals surface area contributed by atoms with Crippen LogP contribution in [0.25, 0.3) is 10.7 Å². The summed E-state index contributed by atoms with van der Waals surface area (Å²) in [7, 11) is 0. The lowest BCUT2D eigenvalue weighted by Crippen LogP contribution is -2.18. The van der Waals surface area contributed by atoms with Crippen molar-refractivity contribution in [3.63, 3.8) is 0 Å². The molecule has 154 valence electrons. The molecule has 1 fully saturated rings. The number of thioether (sulfide) groups is 1. The zero-order valence-electron chi connectivity index (χ0n) is 15.9. The van der Waals surface area contributed by atoms with Gasteiger partial charge in [0, 0.05) is 11.6 Å². The fraction of sp³-hybridized carbons (Fsp3) is 0.300. The molecule has 2 aromatic heterocycles. The number of rotatable bonds is 7. The highest BCUT2D eigenvalue weighted by Crippen LogP contribution is 2.29. The maximum atomic E-state index is 12.5. The van der Waals surface area contributed by atoms with Gasteiger partial charge in [-0.2, -0.15) is 5.26 Å². The van der Waals surface area contributed by atoms with Gasteiger partial charge in [-0.1, -0.05) is 29.4 Å². The second-order valence-electron chi connectivity index (χ2n) is 6.67. The SMILES string of the molecule is N#Cc1ccc(Cl)cc1NC(=O)CSc1nnc(-c2cccs2)n1C[C@H]1CCCO1. The molecule has 1 aliphatic rings. The Bertz CT molecular complexity index is 1070. The third-order valence-corrected chi connectivity index (χ3v) is 6.64. The molecule has 0 spiro atoms. The number of aromatic nitrogens is 3. The first-order valence-electron chi connectivity index (χ1n) is 9.35. The first kappa shape index (κ1) is 20.9. The third-order valence-electron chi connectivity index (χ3n) is 4.58. The predicted molar refractivity (Wildman–Crippen MR) is 118 cm³/mol. The summed E-state index contributed by atoms with van der Waals surface area (Å²) >= 11 is 8.89. The smallest absolute Gasteiger partial charge is 0.234 e. The van der Waals surface area contributed by atoms with E-state index < -0.39 is 0 Å². The quantitative estimate of drug-likeness (QED) is 0.525. The number of amides is 1. The van der Waals surface area contributed by atoms with E-state index in [1.165, 1.54) is 11.8 Å². The molecule has 3 aromatic rings. The Morgan fingerprint density at radius 1 is 1.43 bits per heavy atom. The lowest BCUT2D eigenvalue weighted by Gasteiger charge is -2.14. The molecule has 4 rings (SSSR count). The van der Waals surface area contributed by atoms with Crippen LogP contribution in [-0.2, 0) is 16.1 Å². The summed E-state index contributed by atoms with van der Waals surface area (Å²) in [4.78, 5) is 13.5. The van der Waals surface area contributed by atoms with Crippen molar-refractivity contribution in [2.75, 3.05) is 17.7 Å². The molecule has 10 heteroatoms. The van der Waals surface area contributed by atoms with Crippen molar-refractivity contribution in [2.45, 2.75) is 30.6 Å². The van der Waals surface area contributed by atoms with Crippen LogP contribution in [0.1, 0.15) is 18.4 Å². The van der Waals surface area contributed by atoms with Crippen LogP contribution < -0.4 is 5.32 Å². The van der Waals surface area contributed by atoms with E-state index in [9.17, 15) is 10.1 Å². The summed E-state index contributed by atoms with van der Waals surface area (Å²) in [6.07, 6.45) is 2.17. The number of carbonyl (C=O) groups is 1. The van der Waals surface area contributed by atoms with E-state index in [4.69, 9.17) is 16.3 Å². The van der Waals surface area contributed by atoms with Crippen molar-refractivity contribution >= 4 is 46.3 Å². The number of benzene rings is 1. The van der Waals surface area contributed by atoms with Gasteiger partial charge in [-0.3, -0.25) is 9.36 Å². The van der Waals surface area contributed by atoms with Crippen molar-refractivity contribution in [3.05, 3.63) is 46.3 Å². The van der Waals surface area contributed by atoms with Crippen molar-refractivity contribution in [1.82, 2.24) is 14.8 Å². The summed E-state index contributed by atoms with van der Waals surface area (Å²) in [5, 5.41) is 23.8. The molecular weight excluding hydrogens is 442 g/mol. The summed E-state index contributed by atoms with van der Waals surface area (Å²) in [6, 6.07) is 10.8. The van der Waals surface area contributed by atoms with Crippen LogP contribution in [0.2, 0.25) is 5.02 Å². The molecule has 0 bridgehead atoms. The van der Waals surface area contributed by atoms with Gasteiger partial charge in [-0.05, 0) is 42.5 Å². The number of thiophene rings is 1. The van der Waals surface area contributed by atoms with Crippen molar-refractivity contribution in [3.8, 4) is 16.8 Å². The molecule has 0 aliphatic carbocycles. The maximum Gasteiger partial charge on any atom is 0.234 e. The average Bonchev–Trinajstić information content (AvgIpc) is 3.49.